The van der Waals surface area contributed by atoms with Crippen LogP contribution in [0.15, 0.2) is 53.6 Å². The number of rotatable bonds is 2. The number of halogens is 1. The van der Waals surface area contributed by atoms with Crippen LogP contribution in [0.2, 0.25) is 0 Å². The monoisotopic (exact) mass is 452 g/mol. The Morgan fingerprint density at radius 3 is 2.74 bits per heavy atom. The third-order valence-corrected chi connectivity index (χ3v) is 8.38. The molecule has 4 heterocycles. The van der Waals surface area contributed by atoms with Gasteiger partial charge in [0.15, 0.2) is 5.69 Å². The number of fused-ring (bicyclic) bond motifs is 7. The first-order chi connectivity index (χ1) is 14.5. The van der Waals surface area contributed by atoms with Crippen molar-refractivity contribution in [2.45, 2.75) is 36.2 Å². The van der Waals surface area contributed by atoms with Crippen LogP contribution < -0.4 is 5.32 Å². The molecular formula is C23H21ClN4O2S. The minimum atomic E-state index is -3.79. The van der Waals surface area contributed by atoms with Gasteiger partial charge in [0.1, 0.15) is 0 Å². The Labute approximate surface area is 186 Å². The van der Waals surface area contributed by atoms with Crippen molar-refractivity contribution in [2.24, 2.45) is 7.05 Å². The van der Waals surface area contributed by atoms with Crippen LogP contribution in [0.1, 0.15) is 30.1 Å². The molecule has 6 nitrogen and oxygen atoms in total. The third-order valence-electron chi connectivity index (χ3n) is 6.69. The van der Waals surface area contributed by atoms with Crippen molar-refractivity contribution in [3.8, 4) is 0 Å². The van der Waals surface area contributed by atoms with Crippen LogP contribution in [0.3, 0.4) is 0 Å². The van der Waals surface area contributed by atoms with Crippen LogP contribution in [0.4, 0.5) is 5.69 Å². The van der Waals surface area contributed by atoms with Gasteiger partial charge in [-0.3, -0.25) is 0 Å². The lowest BCUT2D eigenvalue weighted by atomic mass is 9.99. The number of hydrogen-bond donors (Lipinski definition) is 1. The molecule has 1 saturated heterocycles. The number of benzene rings is 2. The molecule has 0 amide bonds. The smallest absolute Gasteiger partial charge is 0.268 e. The van der Waals surface area contributed by atoms with E-state index in [0.29, 0.717) is 23.3 Å². The molecule has 4 aromatic rings. The molecule has 1 fully saturated rings. The summed E-state index contributed by atoms with van der Waals surface area (Å²) in [6.07, 6.45) is 4.81. The third kappa shape index (κ3) is 2.76. The SMILES string of the molecule is Cl.[C-]#[N+]c1ccc2ccn(S(=O)(=O)c3ccc4c(c3)c3c(n4C)CC4CCC3N4)c2c1. The number of aryl methyl sites for hydroxylation is 1. The average Bonchev–Trinajstić information content (AvgIpc) is 3.43. The Hall–Kier alpha value is -2.79. The van der Waals surface area contributed by atoms with E-state index in [4.69, 9.17) is 6.57 Å². The van der Waals surface area contributed by atoms with Gasteiger partial charge in [-0.2, -0.15) is 0 Å². The molecule has 2 aliphatic heterocycles. The van der Waals surface area contributed by atoms with Gasteiger partial charge >= 0.3 is 0 Å². The van der Waals surface area contributed by atoms with Gasteiger partial charge < -0.3 is 9.88 Å². The summed E-state index contributed by atoms with van der Waals surface area (Å²) in [5.41, 5.74) is 4.59. The van der Waals surface area contributed by atoms with E-state index in [1.165, 1.54) is 15.2 Å². The predicted octanol–water partition coefficient (Wildman–Crippen LogP) is 4.69. The first-order valence-corrected chi connectivity index (χ1v) is 11.5. The van der Waals surface area contributed by atoms with Crippen LogP contribution >= 0.6 is 12.4 Å². The van der Waals surface area contributed by atoms with Gasteiger partial charge in [-0.15, -0.1) is 12.4 Å². The molecule has 2 aromatic heterocycles. The summed E-state index contributed by atoms with van der Waals surface area (Å²) in [6, 6.07) is 13.2. The summed E-state index contributed by atoms with van der Waals surface area (Å²) in [5, 5.41) is 5.49. The van der Waals surface area contributed by atoms with E-state index < -0.39 is 10.0 Å². The van der Waals surface area contributed by atoms with Gasteiger partial charge in [-0.1, -0.05) is 12.1 Å². The Balaban J connectivity index is 0.00000204. The predicted molar refractivity (Wildman–Crippen MR) is 124 cm³/mol. The zero-order valence-electron chi connectivity index (χ0n) is 16.9. The van der Waals surface area contributed by atoms with Gasteiger partial charge in [-0.05, 0) is 54.1 Å². The second-order valence-corrected chi connectivity index (χ2v) is 10.1. The Morgan fingerprint density at radius 2 is 1.94 bits per heavy atom. The van der Waals surface area contributed by atoms with E-state index in [-0.39, 0.29) is 17.3 Å². The van der Waals surface area contributed by atoms with Crippen molar-refractivity contribution in [1.29, 1.82) is 0 Å². The lowest BCUT2D eigenvalue weighted by Crippen LogP contribution is -2.32. The zero-order valence-corrected chi connectivity index (χ0v) is 18.5. The fraction of sp³-hybridized carbons (Fsp3) is 0.261. The van der Waals surface area contributed by atoms with Crippen molar-refractivity contribution < 1.29 is 8.42 Å². The Kier molecular flexibility index (Phi) is 4.45. The lowest BCUT2D eigenvalue weighted by molar-refractivity contribution is 0.503. The molecule has 0 spiro atoms. The second kappa shape index (κ2) is 6.86. The maximum absolute atomic E-state index is 13.5. The van der Waals surface area contributed by atoms with Crippen LogP contribution in [0, 0.1) is 6.57 Å². The fourth-order valence-electron chi connectivity index (χ4n) is 5.23. The number of nitrogens with zero attached hydrogens (tertiary/aromatic N) is 3. The van der Waals surface area contributed by atoms with Crippen molar-refractivity contribution in [1.82, 2.24) is 13.9 Å². The maximum atomic E-state index is 13.5. The first kappa shape index (κ1) is 20.1. The Morgan fingerprint density at radius 1 is 1.10 bits per heavy atom. The van der Waals surface area contributed by atoms with Crippen LogP contribution in [0.5, 0.6) is 0 Å². The van der Waals surface area contributed by atoms with Gasteiger partial charge in [0.05, 0.1) is 17.0 Å². The molecule has 0 aliphatic carbocycles. The van der Waals surface area contributed by atoms with Crippen molar-refractivity contribution in [2.75, 3.05) is 0 Å². The van der Waals surface area contributed by atoms with Crippen LogP contribution in [-0.4, -0.2) is 23.0 Å². The molecule has 158 valence electrons. The molecule has 2 aliphatic rings. The molecule has 2 bridgehead atoms. The number of nitrogens with one attached hydrogen (secondary N) is 1. The average molecular weight is 453 g/mol. The van der Waals surface area contributed by atoms with E-state index in [1.807, 2.05) is 12.1 Å². The van der Waals surface area contributed by atoms with Gasteiger partial charge in [-0.25, -0.2) is 17.2 Å². The molecular weight excluding hydrogens is 432 g/mol. The molecule has 31 heavy (non-hydrogen) atoms. The minimum absolute atomic E-state index is 0. The summed E-state index contributed by atoms with van der Waals surface area (Å²) in [7, 11) is -1.71. The van der Waals surface area contributed by atoms with E-state index in [9.17, 15) is 8.42 Å². The molecule has 6 rings (SSSR count). The summed E-state index contributed by atoms with van der Waals surface area (Å²) < 4.78 is 30.6. The molecule has 1 N–H and O–H groups in total. The largest absolute Gasteiger partial charge is 0.347 e. The van der Waals surface area contributed by atoms with E-state index in [1.54, 1.807) is 36.5 Å². The topological polar surface area (TPSA) is 60.4 Å². The molecule has 8 heteroatoms. The van der Waals surface area contributed by atoms with Crippen molar-refractivity contribution >= 4 is 49.9 Å². The van der Waals surface area contributed by atoms with Crippen LogP contribution in [-0.2, 0) is 23.5 Å². The highest BCUT2D eigenvalue weighted by atomic mass is 35.5. The highest BCUT2D eigenvalue weighted by Gasteiger charge is 2.36. The maximum Gasteiger partial charge on any atom is 0.268 e. The van der Waals surface area contributed by atoms with Crippen molar-refractivity contribution in [3.63, 3.8) is 0 Å². The summed E-state index contributed by atoms with van der Waals surface area (Å²) >= 11 is 0. The van der Waals surface area contributed by atoms with E-state index in [2.05, 4.69) is 21.8 Å². The molecule has 2 aromatic carbocycles. The van der Waals surface area contributed by atoms with Gasteiger partial charge in [0.25, 0.3) is 10.0 Å². The zero-order chi connectivity index (χ0) is 20.6. The number of aromatic nitrogens is 2. The highest BCUT2D eigenvalue weighted by molar-refractivity contribution is 7.90. The summed E-state index contributed by atoms with van der Waals surface area (Å²) in [6.45, 7) is 7.24. The first-order valence-electron chi connectivity index (χ1n) is 10.1. The molecule has 0 radical (unpaired) electrons. The minimum Gasteiger partial charge on any atom is -0.347 e. The Bertz CT molecular complexity index is 1510. The lowest BCUT2D eigenvalue weighted by Gasteiger charge is -2.23. The summed E-state index contributed by atoms with van der Waals surface area (Å²) in [4.78, 5) is 3.71. The fourth-order valence-corrected chi connectivity index (χ4v) is 6.60. The molecule has 2 atom stereocenters. The normalized spacial score (nSPS) is 19.9. The molecule has 0 saturated carbocycles. The number of hydrogen-bond acceptors (Lipinski definition) is 3. The highest BCUT2D eigenvalue weighted by Crippen LogP contribution is 2.42. The van der Waals surface area contributed by atoms with Gasteiger partial charge in [0.2, 0.25) is 0 Å². The van der Waals surface area contributed by atoms with Crippen molar-refractivity contribution in [3.05, 3.63) is 71.3 Å². The van der Waals surface area contributed by atoms with Crippen LogP contribution in [0.25, 0.3) is 26.7 Å². The van der Waals surface area contributed by atoms with E-state index in [0.717, 1.165) is 35.6 Å². The second-order valence-electron chi connectivity index (χ2n) is 8.27. The molecule has 2 unspecified atom stereocenters. The van der Waals surface area contributed by atoms with Gasteiger partial charge in [0, 0.05) is 48.3 Å². The standard InChI is InChI=1S/C23H20N4O2S.ClH/c1-24-15-4-3-14-9-10-27(21(14)11-15)30(28,29)17-6-8-20-18(13-17)23-19-7-5-16(25-19)12-22(23)26(20)2;/h3-4,6,8-11,13,16,19,25H,5,7,12H2,2H3;1H. The summed E-state index contributed by atoms with van der Waals surface area (Å²) in [5.74, 6) is 0. The quantitative estimate of drug-likeness (QED) is 0.449. The van der Waals surface area contributed by atoms with E-state index >= 15 is 0 Å².